The first-order valence-corrected chi connectivity index (χ1v) is 6.24. The van der Waals surface area contributed by atoms with Gasteiger partial charge in [0, 0.05) is 40.8 Å². The van der Waals surface area contributed by atoms with E-state index in [4.69, 9.17) is 14.2 Å². The van der Waals surface area contributed by atoms with Crippen LogP contribution in [-0.2, 0) is 20.8 Å². The summed E-state index contributed by atoms with van der Waals surface area (Å²) in [7, 11) is 4.36. The summed E-state index contributed by atoms with van der Waals surface area (Å²) in [5.74, 6) is -1.22. The van der Waals surface area contributed by atoms with Crippen molar-refractivity contribution in [3.63, 3.8) is 0 Å². The molecule has 0 saturated carbocycles. The van der Waals surface area contributed by atoms with Crippen LogP contribution in [0, 0.1) is 0 Å². The molecule has 0 saturated heterocycles. The normalized spacial score (nSPS) is 11.3. The van der Waals surface area contributed by atoms with E-state index in [1.54, 1.807) is 0 Å². The molecule has 0 spiro atoms. The Morgan fingerprint density at radius 2 is 1.70 bits per heavy atom. The summed E-state index contributed by atoms with van der Waals surface area (Å²) >= 11 is 0. The van der Waals surface area contributed by atoms with Crippen LogP contribution in [0.15, 0.2) is 30.3 Å². The fourth-order valence-electron chi connectivity index (χ4n) is 1.87. The second-order valence-corrected chi connectivity index (χ2v) is 4.24. The van der Waals surface area contributed by atoms with Gasteiger partial charge in [0.1, 0.15) is 0 Å². The number of carbonyl (C=O) groups is 1. The monoisotopic (exact) mass is 283 g/mol. The molecule has 0 unspecified atom stereocenters. The van der Waals surface area contributed by atoms with Crippen LogP contribution in [-0.4, -0.2) is 49.9 Å². The SMILES string of the molecule is COC(CCN(Cc1ccccc1)C(=O)O)(OC)OC. The van der Waals surface area contributed by atoms with Crippen LogP contribution in [0.5, 0.6) is 0 Å². The summed E-state index contributed by atoms with van der Waals surface area (Å²) < 4.78 is 15.5. The second kappa shape index (κ2) is 7.84. The van der Waals surface area contributed by atoms with Crippen LogP contribution in [0.3, 0.4) is 0 Å². The molecule has 0 radical (unpaired) electrons. The predicted octanol–water partition coefficient (Wildman–Crippen LogP) is 2.15. The summed E-state index contributed by atoms with van der Waals surface area (Å²) in [5, 5.41) is 9.25. The Balaban J connectivity index is 2.66. The van der Waals surface area contributed by atoms with E-state index in [-0.39, 0.29) is 13.0 Å². The highest BCUT2D eigenvalue weighted by atomic mass is 16.9. The van der Waals surface area contributed by atoms with Crippen LogP contribution in [0.25, 0.3) is 0 Å². The number of benzene rings is 1. The topological polar surface area (TPSA) is 68.2 Å². The van der Waals surface area contributed by atoms with Crippen molar-refractivity contribution in [1.29, 1.82) is 0 Å². The fraction of sp³-hybridized carbons (Fsp3) is 0.500. The first-order valence-electron chi connectivity index (χ1n) is 6.24. The number of nitrogens with zero attached hydrogens (tertiary/aromatic N) is 1. The Morgan fingerprint density at radius 1 is 1.15 bits per heavy atom. The van der Waals surface area contributed by atoms with E-state index >= 15 is 0 Å². The zero-order chi connectivity index (χ0) is 15.0. The van der Waals surface area contributed by atoms with Gasteiger partial charge in [-0.2, -0.15) is 0 Å². The number of methoxy groups -OCH3 is 3. The predicted molar refractivity (Wildman–Crippen MR) is 73.3 cm³/mol. The number of ether oxygens (including phenoxy) is 3. The molecule has 1 aromatic rings. The lowest BCUT2D eigenvalue weighted by molar-refractivity contribution is -0.355. The molecule has 6 heteroatoms. The quantitative estimate of drug-likeness (QED) is 0.740. The maximum absolute atomic E-state index is 11.3. The van der Waals surface area contributed by atoms with Gasteiger partial charge >= 0.3 is 6.09 Å². The van der Waals surface area contributed by atoms with Gasteiger partial charge in [0.15, 0.2) is 0 Å². The van der Waals surface area contributed by atoms with Crippen molar-refractivity contribution in [3.05, 3.63) is 35.9 Å². The van der Waals surface area contributed by atoms with Crippen molar-refractivity contribution < 1.29 is 24.1 Å². The Hall–Kier alpha value is -1.63. The van der Waals surface area contributed by atoms with Gasteiger partial charge in [0.05, 0.1) is 0 Å². The second-order valence-electron chi connectivity index (χ2n) is 4.24. The van der Waals surface area contributed by atoms with Gasteiger partial charge in [-0.05, 0) is 5.56 Å². The van der Waals surface area contributed by atoms with Crippen molar-refractivity contribution in [3.8, 4) is 0 Å². The summed E-state index contributed by atoms with van der Waals surface area (Å²) in [5.41, 5.74) is 0.924. The van der Waals surface area contributed by atoms with Crippen molar-refractivity contribution in [1.82, 2.24) is 4.90 Å². The molecule has 0 atom stereocenters. The maximum Gasteiger partial charge on any atom is 0.407 e. The van der Waals surface area contributed by atoms with E-state index < -0.39 is 12.1 Å². The molecule has 0 heterocycles. The van der Waals surface area contributed by atoms with Gasteiger partial charge < -0.3 is 24.2 Å². The molecule has 20 heavy (non-hydrogen) atoms. The third kappa shape index (κ3) is 4.48. The molecule has 0 aliphatic heterocycles. The molecular formula is C14H21NO5. The van der Waals surface area contributed by atoms with Crippen LogP contribution >= 0.6 is 0 Å². The molecular weight excluding hydrogens is 262 g/mol. The molecule has 0 aliphatic carbocycles. The molecule has 1 rings (SSSR count). The van der Waals surface area contributed by atoms with Crippen LogP contribution in [0.1, 0.15) is 12.0 Å². The van der Waals surface area contributed by atoms with Crippen molar-refractivity contribution >= 4 is 6.09 Å². The van der Waals surface area contributed by atoms with E-state index in [1.165, 1.54) is 26.2 Å². The lowest BCUT2D eigenvalue weighted by Crippen LogP contribution is -2.41. The zero-order valence-corrected chi connectivity index (χ0v) is 12.0. The lowest BCUT2D eigenvalue weighted by atomic mass is 10.2. The number of carboxylic acid groups (broad SMARTS) is 1. The average molecular weight is 283 g/mol. The molecule has 6 nitrogen and oxygen atoms in total. The third-order valence-corrected chi connectivity index (χ3v) is 3.11. The fourth-order valence-corrected chi connectivity index (χ4v) is 1.87. The van der Waals surface area contributed by atoms with Crippen molar-refractivity contribution in [2.24, 2.45) is 0 Å². The number of amides is 1. The van der Waals surface area contributed by atoms with E-state index in [1.807, 2.05) is 30.3 Å². The Bertz CT molecular complexity index is 397. The molecule has 112 valence electrons. The number of hydrogen-bond acceptors (Lipinski definition) is 4. The van der Waals surface area contributed by atoms with Gasteiger partial charge in [0.25, 0.3) is 5.97 Å². The summed E-state index contributed by atoms with van der Waals surface area (Å²) in [6, 6.07) is 9.40. The van der Waals surface area contributed by atoms with Crippen molar-refractivity contribution in [2.75, 3.05) is 27.9 Å². The Kier molecular flexibility index (Phi) is 6.44. The minimum Gasteiger partial charge on any atom is -0.465 e. The van der Waals surface area contributed by atoms with Crippen LogP contribution < -0.4 is 0 Å². The highest BCUT2D eigenvalue weighted by Crippen LogP contribution is 2.18. The smallest absolute Gasteiger partial charge is 0.407 e. The average Bonchev–Trinajstić information content (AvgIpc) is 2.48. The van der Waals surface area contributed by atoms with Crippen LogP contribution in [0.2, 0.25) is 0 Å². The minimum absolute atomic E-state index is 0.236. The van der Waals surface area contributed by atoms with Gasteiger partial charge in [-0.1, -0.05) is 30.3 Å². The maximum atomic E-state index is 11.3. The molecule has 0 aromatic heterocycles. The summed E-state index contributed by atoms with van der Waals surface area (Å²) in [4.78, 5) is 12.6. The Labute approximate surface area is 118 Å². The van der Waals surface area contributed by atoms with Gasteiger partial charge in [-0.15, -0.1) is 0 Å². The molecule has 0 bridgehead atoms. The third-order valence-electron chi connectivity index (χ3n) is 3.11. The number of rotatable bonds is 8. The van der Waals surface area contributed by atoms with E-state index in [2.05, 4.69) is 0 Å². The first-order chi connectivity index (χ1) is 9.56. The number of hydrogen-bond donors (Lipinski definition) is 1. The van der Waals surface area contributed by atoms with Gasteiger partial charge in [-0.25, -0.2) is 4.79 Å². The molecule has 0 aliphatic rings. The molecule has 0 fully saturated rings. The van der Waals surface area contributed by atoms with Crippen LogP contribution in [0.4, 0.5) is 4.79 Å². The minimum atomic E-state index is -1.22. The standard InChI is InChI=1S/C14H21NO5/c1-18-14(19-2,20-3)9-10-15(13(16)17)11-12-7-5-4-6-8-12/h4-8H,9-11H2,1-3H3,(H,16,17). The van der Waals surface area contributed by atoms with Crippen molar-refractivity contribution in [2.45, 2.75) is 18.9 Å². The Morgan fingerprint density at radius 3 is 2.15 bits per heavy atom. The van der Waals surface area contributed by atoms with Gasteiger partial charge in [-0.3, -0.25) is 0 Å². The highest BCUT2D eigenvalue weighted by molar-refractivity contribution is 5.64. The van der Waals surface area contributed by atoms with E-state index in [9.17, 15) is 9.90 Å². The first kappa shape index (κ1) is 16.4. The largest absolute Gasteiger partial charge is 0.465 e. The summed E-state index contributed by atoms with van der Waals surface area (Å²) in [6.45, 7) is 0.545. The zero-order valence-electron chi connectivity index (χ0n) is 12.0. The summed E-state index contributed by atoms with van der Waals surface area (Å²) in [6.07, 6.45) is -0.721. The molecule has 1 N–H and O–H groups in total. The molecule has 1 amide bonds. The van der Waals surface area contributed by atoms with Gasteiger partial charge in [0.2, 0.25) is 0 Å². The highest BCUT2D eigenvalue weighted by Gasteiger charge is 2.30. The van der Waals surface area contributed by atoms with E-state index in [0.717, 1.165) is 5.56 Å². The molecule has 1 aromatic carbocycles. The van der Waals surface area contributed by atoms with E-state index in [0.29, 0.717) is 6.54 Å². The lowest BCUT2D eigenvalue weighted by Gasteiger charge is -2.30.